The number of thiocarbonyl (C=S) groups is 1. The van der Waals surface area contributed by atoms with E-state index in [1.54, 1.807) is 18.3 Å². The Morgan fingerprint density at radius 1 is 1.06 bits per heavy atom. The van der Waals surface area contributed by atoms with Crippen molar-refractivity contribution in [3.63, 3.8) is 0 Å². The maximum absolute atomic E-state index is 13.6. The molecule has 0 unspecified atom stereocenters. The SMILES string of the molecule is Cc1ccc(Sc2nc3c(C)cccn3c(=O)c2C=C2SC(=S)N(Cc3ccccc3Cl)C2=O)cc1. The maximum Gasteiger partial charge on any atom is 0.266 e. The van der Waals surface area contributed by atoms with Crippen LogP contribution in [0.4, 0.5) is 0 Å². The first-order valence-corrected chi connectivity index (χ1v) is 13.5. The number of amides is 1. The zero-order valence-electron chi connectivity index (χ0n) is 19.4. The molecule has 180 valence electrons. The van der Waals surface area contributed by atoms with Crippen molar-refractivity contribution in [2.24, 2.45) is 0 Å². The zero-order chi connectivity index (χ0) is 25.4. The molecule has 36 heavy (non-hydrogen) atoms. The standard InChI is InChI=1S/C27H20ClN3O2S3/c1-16-9-11-19(12-10-16)35-24-20(25(32)30-13-5-6-17(2)23(30)29-24)14-22-26(33)31(27(34)36-22)15-18-7-3-4-8-21(18)28/h3-14H,15H2,1-2H3. The molecule has 0 N–H and O–H groups in total. The number of hydrogen-bond donors (Lipinski definition) is 0. The van der Waals surface area contributed by atoms with Crippen LogP contribution in [0, 0.1) is 13.8 Å². The Morgan fingerprint density at radius 3 is 2.56 bits per heavy atom. The summed E-state index contributed by atoms with van der Waals surface area (Å²) in [7, 11) is 0. The molecule has 2 aromatic carbocycles. The third-order valence-corrected chi connectivity index (χ3v) is 8.48. The zero-order valence-corrected chi connectivity index (χ0v) is 22.6. The number of thioether (sulfide) groups is 1. The van der Waals surface area contributed by atoms with Gasteiger partial charge < -0.3 is 0 Å². The van der Waals surface area contributed by atoms with E-state index in [2.05, 4.69) is 0 Å². The van der Waals surface area contributed by atoms with E-state index in [0.29, 0.717) is 30.5 Å². The van der Waals surface area contributed by atoms with Crippen LogP contribution in [0.2, 0.25) is 5.02 Å². The Balaban J connectivity index is 1.58. The molecular formula is C27H20ClN3O2S3. The quantitative estimate of drug-likeness (QED) is 0.160. The van der Waals surface area contributed by atoms with Crippen LogP contribution in [-0.4, -0.2) is 24.5 Å². The summed E-state index contributed by atoms with van der Waals surface area (Å²) >= 11 is 14.4. The third kappa shape index (κ3) is 4.86. The molecule has 5 nitrogen and oxygen atoms in total. The van der Waals surface area contributed by atoms with Gasteiger partial charge in [0.05, 0.1) is 17.0 Å². The number of carbonyl (C=O) groups excluding carboxylic acids is 1. The van der Waals surface area contributed by atoms with Crippen molar-refractivity contribution in [2.45, 2.75) is 30.3 Å². The largest absolute Gasteiger partial charge is 0.288 e. The van der Waals surface area contributed by atoms with Crippen molar-refractivity contribution in [3.05, 3.63) is 109 Å². The summed E-state index contributed by atoms with van der Waals surface area (Å²) < 4.78 is 1.94. The van der Waals surface area contributed by atoms with Crippen LogP contribution < -0.4 is 5.56 Å². The van der Waals surface area contributed by atoms with Gasteiger partial charge in [0.25, 0.3) is 11.5 Å². The van der Waals surface area contributed by atoms with Crippen molar-refractivity contribution in [1.29, 1.82) is 0 Å². The maximum atomic E-state index is 13.6. The molecular weight excluding hydrogens is 530 g/mol. The highest BCUT2D eigenvalue weighted by Gasteiger charge is 2.33. The molecule has 0 bridgehead atoms. The van der Waals surface area contributed by atoms with Gasteiger partial charge in [0.2, 0.25) is 0 Å². The topological polar surface area (TPSA) is 54.7 Å². The van der Waals surface area contributed by atoms with E-state index >= 15 is 0 Å². The normalized spacial score (nSPS) is 14.9. The smallest absolute Gasteiger partial charge is 0.266 e. The van der Waals surface area contributed by atoms with E-state index in [0.717, 1.165) is 21.6 Å². The molecule has 0 aliphatic carbocycles. The number of nitrogens with zero attached hydrogens (tertiary/aromatic N) is 3. The molecule has 1 aliphatic heterocycles. The summed E-state index contributed by atoms with van der Waals surface area (Å²) in [5.41, 5.74) is 3.52. The lowest BCUT2D eigenvalue weighted by atomic mass is 10.2. The second-order valence-electron chi connectivity index (χ2n) is 8.29. The van der Waals surface area contributed by atoms with E-state index in [1.165, 1.54) is 32.8 Å². The molecule has 4 aromatic rings. The minimum absolute atomic E-state index is 0.241. The molecule has 3 heterocycles. The summed E-state index contributed by atoms with van der Waals surface area (Å²) in [5.74, 6) is -0.259. The lowest BCUT2D eigenvalue weighted by Gasteiger charge is -2.15. The first-order valence-electron chi connectivity index (χ1n) is 11.1. The minimum atomic E-state index is -0.259. The molecule has 2 aromatic heterocycles. The van der Waals surface area contributed by atoms with Crippen molar-refractivity contribution in [2.75, 3.05) is 0 Å². The number of benzene rings is 2. The number of pyridine rings is 1. The number of carbonyl (C=O) groups is 1. The molecule has 1 aliphatic rings. The van der Waals surface area contributed by atoms with Crippen LogP contribution in [-0.2, 0) is 11.3 Å². The monoisotopic (exact) mass is 549 g/mol. The number of halogens is 1. The Kier molecular flexibility index (Phi) is 7.03. The summed E-state index contributed by atoms with van der Waals surface area (Å²) in [6.45, 7) is 4.21. The van der Waals surface area contributed by atoms with E-state index < -0.39 is 0 Å². The van der Waals surface area contributed by atoms with Gasteiger partial charge in [0.15, 0.2) is 0 Å². The summed E-state index contributed by atoms with van der Waals surface area (Å²) in [4.78, 5) is 34.6. The Labute approximate surface area is 227 Å². The van der Waals surface area contributed by atoms with Crippen molar-refractivity contribution in [1.82, 2.24) is 14.3 Å². The fourth-order valence-electron chi connectivity index (χ4n) is 3.78. The number of rotatable bonds is 5. The molecule has 0 saturated carbocycles. The van der Waals surface area contributed by atoms with Crippen molar-refractivity contribution < 1.29 is 4.79 Å². The molecule has 5 rings (SSSR count). The first-order chi connectivity index (χ1) is 17.3. The van der Waals surface area contributed by atoms with Crippen LogP contribution in [0.3, 0.4) is 0 Å². The molecule has 0 spiro atoms. The van der Waals surface area contributed by atoms with Crippen LogP contribution in [0.15, 0.2) is 86.5 Å². The lowest BCUT2D eigenvalue weighted by Crippen LogP contribution is -2.27. The lowest BCUT2D eigenvalue weighted by molar-refractivity contribution is -0.122. The van der Waals surface area contributed by atoms with Gasteiger partial charge in [-0.25, -0.2) is 4.98 Å². The predicted molar refractivity (Wildman–Crippen MR) is 152 cm³/mol. The first kappa shape index (κ1) is 24.8. The highest BCUT2D eigenvalue weighted by atomic mass is 35.5. The van der Waals surface area contributed by atoms with Gasteiger partial charge in [-0.15, -0.1) is 0 Å². The average Bonchev–Trinajstić information content (AvgIpc) is 3.12. The number of hydrogen-bond acceptors (Lipinski definition) is 6. The molecule has 0 atom stereocenters. The second-order valence-corrected chi connectivity index (χ2v) is 11.4. The summed E-state index contributed by atoms with van der Waals surface area (Å²) in [5, 5.41) is 1.11. The van der Waals surface area contributed by atoms with Gasteiger partial charge in [-0.05, 0) is 55.3 Å². The Hall–Kier alpha value is -2.91. The van der Waals surface area contributed by atoms with Crippen LogP contribution in [0.25, 0.3) is 11.7 Å². The van der Waals surface area contributed by atoms with Crippen LogP contribution >= 0.6 is 47.3 Å². The van der Waals surface area contributed by atoms with Gasteiger partial charge >= 0.3 is 0 Å². The highest BCUT2D eigenvalue weighted by molar-refractivity contribution is 8.26. The van der Waals surface area contributed by atoms with Crippen LogP contribution in [0.5, 0.6) is 0 Å². The molecule has 0 radical (unpaired) electrons. The molecule has 1 saturated heterocycles. The second kappa shape index (κ2) is 10.2. The average molecular weight is 550 g/mol. The van der Waals surface area contributed by atoms with E-state index in [1.807, 2.05) is 68.4 Å². The Morgan fingerprint density at radius 2 is 1.81 bits per heavy atom. The van der Waals surface area contributed by atoms with Gasteiger partial charge in [-0.2, -0.15) is 0 Å². The summed E-state index contributed by atoms with van der Waals surface area (Å²) in [6, 6.07) is 19.1. The molecule has 9 heteroatoms. The van der Waals surface area contributed by atoms with E-state index in [-0.39, 0.29) is 18.0 Å². The van der Waals surface area contributed by atoms with Gasteiger partial charge in [0, 0.05) is 16.1 Å². The van der Waals surface area contributed by atoms with E-state index in [4.69, 9.17) is 28.8 Å². The minimum Gasteiger partial charge on any atom is -0.288 e. The Bertz CT molecular complexity index is 1610. The van der Waals surface area contributed by atoms with Gasteiger partial charge in [0.1, 0.15) is 15.0 Å². The van der Waals surface area contributed by atoms with E-state index in [9.17, 15) is 9.59 Å². The fourth-order valence-corrected chi connectivity index (χ4v) is 6.09. The van der Waals surface area contributed by atoms with Gasteiger partial charge in [-0.3, -0.25) is 18.9 Å². The molecule has 1 fully saturated rings. The van der Waals surface area contributed by atoms with Crippen molar-refractivity contribution >= 4 is 69.3 Å². The highest BCUT2D eigenvalue weighted by Crippen LogP contribution is 2.36. The third-order valence-electron chi connectivity index (χ3n) is 5.72. The summed E-state index contributed by atoms with van der Waals surface area (Å²) in [6.07, 6.45) is 3.31. The fraction of sp³-hybridized carbons (Fsp3) is 0.111. The number of fused-ring (bicyclic) bond motifs is 1. The number of aromatic nitrogens is 2. The van der Waals surface area contributed by atoms with Crippen LogP contribution in [0.1, 0.15) is 22.3 Å². The predicted octanol–water partition coefficient (Wildman–Crippen LogP) is 6.52. The molecule has 1 amide bonds. The van der Waals surface area contributed by atoms with Gasteiger partial charge in [-0.1, -0.05) is 89.3 Å². The number of aryl methyl sites for hydroxylation is 2. The van der Waals surface area contributed by atoms with Crippen molar-refractivity contribution in [3.8, 4) is 0 Å².